The Morgan fingerprint density at radius 3 is 3.00 bits per heavy atom. The van der Waals surface area contributed by atoms with Gasteiger partial charge in [-0.15, -0.1) is 6.58 Å². The molecular formula is C4H7O2P. The third kappa shape index (κ3) is 5.80. The molecule has 0 aliphatic carbocycles. The van der Waals surface area contributed by atoms with E-state index in [9.17, 15) is 4.57 Å². The third-order valence-electron chi connectivity index (χ3n) is 0.466. The predicted molar refractivity (Wildman–Crippen MR) is 28.4 cm³/mol. The fraction of sp³-hybridized carbons (Fsp3) is 0.500. The highest BCUT2D eigenvalue weighted by Crippen LogP contribution is 1.94. The molecule has 3 heteroatoms. The van der Waals surface area contributed by atoms with Crippen LogP contribution in [-0.2, 0) is 9.09 Å². The summed E-state index contributed by atoms with van der Waals surface area (Å²) in [5.41, 5.74) is 0. The largest absolute Gasteiger partial charge is 0.327 e. The molecule has 0 aliphatic heterocycles. The maximum absolute atomic E-state index is 9.52. The molecule has 0 aromatic rings. The summed E-state index contributed by atoms with van der Waals surface area (Å²) in [5, 5.41) is 0. The van der Waals surface area contributed by atoms with E-state index in [2.05, 4.69) is 11.1 Å². The fourth-order valence-electron chi connectivity index (χ4n) is 0.173. The van der Waals surface area contributed by atoms with E-state index >= 15 is 0 Å². The van der Waals surface area contributed by atoms with Crippen molar-refractivity contribution in [1.82, 2.24) is 0 Å². The van der Waals surface area contributed by atoms with Crippen LogP contribution in [0.5, 0.6) is 0 Å². The van der Waals surface area contributed by atoms with Gasteiger partial charge in [0.15, 0.2) is 0 Å². The van der Waals surface area contributed by atoms with E-state index in [0.717, 1.165) is 6.42 Å². The summed E-state index contributed by atoms with van der Waals surface area (Å²) >= 11 is 0. The van der Waals surface area contributed by atoms with E-state index in [1.807, 2.05) is 0 Å². The fourth-order valence-corrected chi connectivity index (χ4v) is 0.353. The van der Waals surface area contributed by atoms with E-state index in [4.69, 9.17) is 0 Å². The second-order valence-corrected chi connectivity index (χ2v) is 1.39. The SMILES string of the molecule is C=CCCOP=O. The zero-order valence-corrected chi connectivity index (χ0v) is 4.86. The van der Waals surface area contributed by atoms with Crippen molar-refractivity contribution in [2.45, 2.75) is 6.42 Å². The monoisotopic (exact) mass is 118 g/mol. The van der Waals surface area contributed by atoms with Gasteiger partial charge in [-0.1, -0.05) is 6.08 Å². The summed E-state index contributed by atoms with van der Waals surface area (Å²) < 4.78 is 13.9. The Labute approximate surface area is 44.5 Å². The van der Waals surface area contributed by atoms with Gasteiger partial charge >= 0.3 is 8.69 Å². The molecule has 0 N–H and O–H groups in total. The quantitative estimate of drug-likeness (QED) is 0.319. The molecule has 0 heterocycles. The van der Waals surface area contributed by atoms with Crippen LogP contribution in [0.1, 0.15) is 6.42 Å². The van der Waals surface area contributed by atoms with Crippen LogP contribution >= 0.6 is 8.69 Å². The van der Waals surface area contributed by atoms with E-state index < -0.39 is 0 Å². The Balaban J connectivity index is 2.68. The molecule has 0 saturated carbocycles. The van der Waals surface area contributed by atoms with Gasteiger partial charge in [0.2, 0.25) is 0 Å². The normalized spacial score (nSPS) is 9.14. The van der Waals surface area contributed by atoms with Crippen molar-refractivity contribution < 1.29 is 9.09 Å². The molecule has 0 rings (SSSR count). The van der Waals surface area contributed by atoms with Gasteiger partial charge < -0.3 is 0 Å². The van der Waals surface area contributed by atoms with Gasteiger partial charge in [0.1, 0.15) is 0 Å². The Kier molecular flexibility index (Phi) is 5.63. The Bertz CT molecular complexity index is 54.7. The van der Waals surface area contributed by atoms with Crippen molar-refractivity contribution >= 4 is 8.69 Å². The van der Waals surface area contributed by atoms with Crippen molar-refractivity contribution in [3.8, 4) is 0 Å². The van der Waals surface area contributed by atoms with Crippen molar-refractivity contribution in [2.24, 2.45) is 0 Å². The van der Waals surface area contributed by atoms with Gasteiger partial charge in [0.25, 0.3) is 0 Å². The molecular weight excluding hydrogens is 111 g/mol. The van der Waals surface area contributed by atoms with Crippen LogP contribution in [0.25, 0.3) is 0 Å². The van der Waals surface area contributed by atoms with Gasteiger partial charge in [0, 0.05) is 0 Å². The highest BCUT2D eigenvalue weighted by atomic mass is 31.1. The lowest BCUT2D eigenvalue weighted by Gasteiger charge is -1.83. The Hall–Kier alpha value is -0.200. The molecule has 0 amide bonds. The van der Waals surface area contributed by atoms with Crippen LogP contribution in [0, 0.1) is 0 Å². The van der Waals surface area contributed by atoms with Crippen LogP contribution in [0.15, 0.2) is 12.7 Å². The third-order valence-corrected chi connectivity index (χ3v) is 0.754. The molecule has 0 aromatic carbocycles. The average Bonchev–Trinajstić information content (AvgIpc) is 1.69. The molecule has 0 saturated heterocycles. The van der Waals surface area contributed by atoms with Crippen LogP contribution in [0.2, 0.25) is 0 Å². The molecule has 7 heavy (non-hydrogen) atoms. The van der Waals surface area contributed by atoms with Crippen molar-refractivity contribution in [1.29, 1.82) is 0 Å². The average molecular weight is 118 g/mol. The number of hydrogen-bond donors (Lipinski definition) is 0. The van der Waals surface area contributed by atoms with Crippen LogP contribution in [-0.4, -0.2) is 6.61 Å². The summed E-state index contributed by atoms with van der Waals surface area (Å²) in [7, 11) is -0.243. The molecule has 0 aromatic heterocycles. The molecule has 40 valence electrons. The van der Waals surface area contributed by atoms with E-state index in [1.54, 1.807) is 6.08 Å². The zero-order valence-electron chi connectivity index (χ0n) is 3.96. The van der Waals surface area contributed by atoms with Gasteiger partial charge in [0.05, 0.1) is 6.61 Å². The minimum Gasteiger partial charge on any atom is -0.294 e. The molecule has 0 atom stereocenters. The zero-order chi connectivity index (χ0) is 5.54. The minimum absolute atomic E-state index is 0.243. The first-order chi connectivity index (χ1) is 3.41. The predicted octanol–water partition coefficient (Wildman–Crippen LogP) is 1.79. The molecule has 0 bridgehead atoms. The summed E-state index contributed by atoms with van der Waals surface area (Å²) in [5.74, 6) is 0. The standard InChI is InChI=1S/C4H7O2P/c1-2-3-4-6-7-5/h2H,1,3-4H2. The molecule has 0 unspecified atom stereocenters. The smallest absolute Gasteiger partial charge is 0.294 e. The lowest BCUT2D eigenvalue weighted by molar-refractivity contribution is 0.350. The van der Waals surface area contributed by atoms with Crippen LogP contribution < -0.4 is 0 Å². The molecule has 0 fully saturated rings. The summed E-state index contributed by atoms with van der Waals surface area (Å²) in [4.78, 5) is 0. The van der Waals surface area contributed by atoms with E-state index in [1.165, 1.54) is 0 Å². The topological polar surface area (TPSA) is 26.3 Å². The maximum atomic E-state index is 9.52. The first-order valence-electron chi connectivity index (χ1n) is 1.97. The Morgan fingerprint density at radius 2 is 2.57 bits per heavy atom. The van der Waals surface area contributed by atoms with E-state index in [0.29, 0.717) is 6.61 Å². The maximum Gasteiger partial charge on any atom is 0.327 e. The lowest BCUT2D eigenvalue weighted by Crippen LogP contribution is -1.76. The van der Waals surface area contributed by atoms with Crippen LogP contribution in [0.3, 0.4) is 0 Å². The lowest BCUT2D eigenvalue weighted by atomic mass is 10.5. The minimum atomic E-state index is -0.243. The van der Waals surface area contributed by atoms with Crippen LogP contribution in [0.4, 0.5) is 0 Å². The van der Waals surface area contributed by atoms with Gasteiger partial charge in [-0.05, 0) is 6.42 Å². The van der Waals surface area contributed by atoms with Crippen molar-refractivity contribution in [3.05, 3.63) is 12.7 Å². The number of hydrogen-bond acceptors (Lipinski definition) is 2. The Morgan fingerprint density at radius 1 is 1.86 bits per heavy atom. The highest BCUT2D eigenvalue weighted by molar-refractivity contribution is 7.17. The van der Waals surface area contributed by atoms with Gasteiger partial charge in [-0.3, -0.25) is 4.52 Å². The highest BCUT2D eigenvalue weighted by Gasteiger charge is 1.77. The van der Waals surface area contributed by atoms with Gasteiger partial charge in [-0.25, -0.2) is 4.57 Å². The summed E-state index contributed by atoms with van der Waals surface area (Å²) in [6.45, 7) is 3.94. The van der Waals surface area contributed by atoms with E-state index in [-0.39, 0.29) is 8.69 Å². The molecule has 2 nitrogen and oxygen atoms in total. The first kappa shape index (κ1) is 6.80. The van der Waals surface area contributed by atoms with Crippen molar-refractivity contribution in [2.75, 3.05) is 6.61 Å². The van der Waals surface area contributed by atoms with Gasteiger partial charge in [-0.2, -0.15) is 0 Å². The molecule has 0 aliphatic rings. The second-order valence-electron chi connectivity index (χ2n) is 0.985. The number of rotatable bonds is 4. The summed E-state index contributed by atoms with van der Waals surface area (Å²) in [6, 6.07) is 0. The second kappa shape index (κ2) is 5.80. The molecule has 0 radical (unpaired) electrons. The summed E-state index contributed by atoms with van der Waals surface area (Å²) in [6.07, 6.45) is 2.47. The van der Waals surface area contributed by atoms with Crippen molar-refractivity contribution in [3.63, 3.8) is 0 Å². The first-order valence-corrected chi connectivity index (χ1v) is 2.70. The molecule has 0 spiro atoms.